The third kappa shape index (κ3) is 4.54. The first-order valence-corrected chi connectivity index (χ1v) is 11.6. The van der Waals surface area contributed by atoms with Crippen LogP contribution < -0.4 is 19.7 Å². The molecule has 2 aliphatic heterocycles. The smallest absolute Gasteiger partial charge is 0.279 e. The molecule has 0 aromatic heterocycles. The van der Waals surface area contributed by atoms with Crippen molar-refractivity contribution in [2.75, 3.05) is 37.9 Å². The summed E-state index contributed by atoms with van der Waals surface area (Å²) in [5.74, 6) is 1.40. The summed E-state index contributed by atoms with van der Waals surface area (Å²) >= 11 is 0. The fourth-order valence-corrected chi connectivity index (χ4v) is 4.68. The summed E-state index contributed by atoms with van der Waals surface area (Å²) in [7, 11) is -3.31. The number of ether oxygens (including phenoxy) is 2. The van der Waals surface area contributed by atoms with Gasteiger partial charge in [0.25, 0.3) is 5.91 Å². The Morgan fingerprint density at radius 1 is 1.14 bits per heavy atom. The summed E-state index contributed by atoms with van der Waals surface area (Å²) in [5.41, 5.74) is 1.64. The third-order valence-electron chi connectivity index (χ3n) is 5.39. The average molecular weight is 418 g/mol. The molecule has 0 aliphatic carbocycles. The highest BCUT2D eigenvalue weighted by Crippen LogP contribution is 2.33. The van der Waals surface area contributed by atoms with Crippen molar-refractivity contribution in [3.05, 3.63) is 48.0 Å². The lowest BCUT2D eigenvalue weighted by atomic mass is 10.0. The maximum absolute atomic E-state index is 12.6. The summed E-state index contributed by atoms with van der Waals surface area (Å²) in [6.07, 6.45) is 3.21. The Morgan fingerprint density at radius 2 is 1.93 bits per heavy atom. The number of benzene rings is 2. The van der Waals surface area contributed by atoms with Crippen molar-refractivity contribution in [3.8, 4) is 11.5 Å². The number of rotatable bonds is 5. The van der Waals surface area contributed by atoms with Crippen LogP contribution in [0.3, 0.4) is 0 Å². The Hall–Kier alpha value is -2.58. The van der Waals surface area contributed by atoms with Crippen molar-refractivity contribution < 1.29 is 27.6 Å². The molecular formula is C21H25N2O5S+. The van der Waals surface area contributed by atoms with Crippen LogP contribution >= 0.6 is 0 Å². The second-order valence-corrected chi connectivity index (χ2v) is 9.55. The molecule has 1 saturated heterocycles. The van der Waals surface area contributed by atoms with Crippen molar-refractivity contribution in [3.63, 3.8) is 0 Å². The molecule has 0 spiro atoms. The molecule has 7 nitrogen and oxygen atoms in total. The van der Waals surface area contributed by atoms with Gasteiger partial charge >= 0.3 is 0 Å². The van der Waals surface area contributed by atoms with Crippen LogP contribution in [0.2, 0.25) is 0 Å². The van der Waals surface area contributed by atoms with Crippen LogP contribution in [0.5, 0.6) is 11.5 Å². The number of likely N-dealkylation sites (tertiary alicyclic amines) is 1. The molecule has 0 saturated carbocycles. The van der Waals surface area contributed by atoms with E-state index in [1.54, 1.807) is 12.1 Å². The van der Waals surface area contributed by atoms with Gasteiger partial charge in [-0.05, 0) is 36.4 Å². The summed E-state index contributed by atoms with van der Waals surface area (Å²) in [6, 6.07) is 12.6. The zero-order chi connectivity index (χ0) is 20.4. The maximum atomic E-state index is 12.6. The van der Waals surface area contributed by atoms with Gasteiger partial charge in [0.05, 0.1) is 11.4 Å². The monoisotopic (exact) mass is 417 g/mol. The summed E-state index contributed by atoms with van der Waals surface area (Å²) < 4.78 is 34.7. The molecule has 2 aromatic rings. The molecule has 2 aliphatic rings. The highest BCUT2D eigenvalue weighted by atomic mass is 32.2. The molecule has 2 heterocycles. The van der Waals surface area contributed by atoms with Gasteiger partial charge in [-0.15, -0.1) is 0 Å². The van der Waals surface area contributed by atoms with Crippen molar-refractivity contribution >= 4 is 21.4 Å². The molecular weight excluding hydrogens is 392 g/mol. The second kappa shape index (κ2) is 8.04. The normalized spacial score (nSPS) is 21.0. The van der Waals surface area contributed by atoms with Gasteiger partial charge in [-0.2, -0.15) is 0 Å². The summed E-state index contributed by atoms with van der Waals surface area (Å²) in [4.78, 5) is 14.0. The minimum atomic E-state index is -3.31. The first-order valence-electron chi connectivity index (χ1n) is 9.74. The lowest BCUT2D eigenvalue weighted by Gasteiger charge is -2.24. The number of carbonyl (C=O) groups excluding carboxylic acids is 1. The maximum Gasteiger partial charge on any atom is 0.279 e. The number of carbonyl (C=O) groups is 1. The lowest BCUT2D eigenvalue weighted by molar-refractivity contribution is -0.910. The number of hydrogen-bond donors (Lipinski definition) is 2. The van der Waals surface area contributed by atoms with Gasteiger partial charge in [0, 0.05) is 30.3 Å². The van der Waals surface area contributed by atoms with Crippen LogP contribution in [-0.4, -0.2) is 46.9 Å². The molecule has 2 aromatic carbocycles. The Balaban J connectivity index is 1.44. The van der Waals surface area contributed by atoms with Crippen LogP contribution in [0, 0.1) is 0 Å². The first kappa shape index (κ1) is 19.7. The first-order chi connectivity index (χ1) is 13.9. The molecule has 154 valence electrons. The quantitative estimate of drug-likeness (QED) is 0.764. The minimum Gasteiger partial charge on any atom is -0.486 e. The van der Waals surface area contributed by atoms with Gasteiger partial charge in [-0.3, -0.25) is 4.79 Å². The molecule has 2 atom stereocenters. The van der Waals surface area contributed by atoms with Crippen LogP contribution in [-0.2, 0) is 14.6 Å². The van der Waals surface area contributed by atoms with Crippen molar-refractivity contribution in [1.29, 1.82) is 0 Å². The average Bonchev–Trinajstić information content (AvgIpc) is 3.15. The SMILES string of the molecule is CS(=O)(=O)c1cccc(NC(=O)C[NH+]2CCC[C@H]2c2ccc3c(c2)OCCO3)c1. The molecule has 1 unspecified atom stereocenters. The number of sulfone groups is 1. The van der Waals surface area contributed by atoms with Gasteiger partial charge in [-0.1, -0.05) is 6.07 Å². The third-order valence-corrected chi connectivity index (χ3v) is 6.50. The van der Waals surface area contributed by atoms with Gasteiger partial charge in [-0.25, -0.2) is 8.42 Å². The zero-order valence-corrected chi connectivity index (χ0v) is 17.1. The lowest BCUT2D eigenvalue weighted by Crippen LogP contribution is -3.11. The molecule has 2 N–H and O–H groups in total. The molecule has 4 rings (SSSR count). The highest BCUT2D eigenvalue weighted by Gasteiger charge is 2.32. The number of hydrogen-bond acceptors (Lipinski definition) is 5. The van der Waals surface area contributed by atoms with Crippen LogP contribution in [0.15, 0.2) is 47.4 Å². The van der Waals surface area contributed by atoms with E-state index >= 15 is 0 Å². The molecule has 1 fully saturated rings. The molecule has 0 radical (unpaired) electrons. The van der Waals surface area contributed by atoms with Crippen LogP contribution in [0.25, 0.3) is 0 Å². The predicted octanol–water partition coefficient (Wildman–Crippen LogP) is 1.22. The predicted molar refractivity (Wildman–Crippen MR) is 108 cm³/mol. The van der Waals surface area contributed by atoms with Crippen LogP contribution in [0.4, 0.5) is 5.69 Å². The standard InChI is InChI=1S/C21H24N2O5S/c1-29(25,26)17-5-2-4-16(13-17)22-21(24)14-23-9-3-6-18(23)15-7-8-19-20(12-15)28-11-10-27-19/h2,4-5,7-8,12-13,18H,3,6,9-11,14H2,1H3,(H,22,24)/p+1/t18-/m0/s1. The van der Waals surface area contributed by atoms with Gasteiger partial charge in [0.15, 0.2) is 27.9 Å². The number of amides is 1. The molecule has 8 heteroatoms. The molecule has 29 heavy (non-hydrogen) atoms. The van der Waals surface area contributed by atoms with Crippen LogP contribution in [0.1, 0.15) is 24.4 Å². The highest BCUT2D eigenvalue weighted by molar-refractivity contribution is 7.90. The van der Waals surface area contributed by atoms with E-state index in [2.05, 4.69) is 11.4 Å². The zero-order valence-electron chi connectivity index (χ0n) is 16.3. The van der Waals surface area contributed by atoms with E-state index < -0.39 is 9.84 Å². The Kier molecular flexibility index (Phi) is 5.47. The minimum absolute atomic E-state index is 0.130. The van der Waals surface area contributed by atoms with E-state index in [-0.39, 0.29) is 16.8 Å². The van der Waals surface area contributed by atoms with E-state index in [4.69, 9.17) is 9.47 Å². The van der Waals surface area contributed by atoms with E-state index in [0.29, 0.717) is 25.4 Å². The van der Waals surface area contributed by atoms with Crippen molar-refractivity contribution in [1.82, 2.24) is 0 Å². The second-order valence-electron chi connectivity index (χ2n) is 7.53. The molecule has 0 bridgehead atoms. The van der Waals surface area contributed by atoms with Gasteiger partial charge < -0.3 is 19.7 Å². The molecule has 1 amide bonds. The van der Waals surface area contributed by atoms with E-state index in [1.807, 2.05) is 12.1 Å². The summed E-state index contributed by atoms with van der Waals surface area (Å²) in [5, 5.41) is 2.83. The fourth-order valence-electron chi connectivity index (χ4n) is 4.02. The van der Waals surface area contributed by atoms with E-state index in [0.717, 1.165) is 42.7 Å². The largest absolute Gasteiger partial charge is 0.486 e. The topological polar surface area (TPSA) is 86.1 Å². The van der Waals surface area contributed by atoms with Gasteiger partial charge in [0.2, 0.25) is 0 Å². The van der Waals surface area contributed by atoms with Crippen molar-refractivity contribution in [2.24, 2.45) is 0 Å². The Morgan fingerprint density at radius 3 is 2.72 bits per heavy atom. The number of nitrogens with one attached hydrogen (secondary N) is 2. The Bertz CT molecular complexity index is 1020. The van der Waals surface area contributed by atoms with Gasteiger partial charge in [0.1, 0.15) is 19.3 Å². The van der Waals surface area contributed by atoms with Crippen molar-refractivity contribution in [2.45, 2.75) is 23.8 Å². The Labute approximate surface area is 170 Å². The number of anilines is 1. The van der Waals surface area contributed by atoms with E-state index in [9.17, 15) is 13.2 Å². The summed E-state index contributed by atoms with van der Waals surface area (Å²) in [6.45, 7) is 2.35. The number of fused-ring (bicyclic) bond motifs is 1. The van der Waals surface area contributed by atoms with E-state index in [1.165, 1.54) is 17.0 Å². The fraction of sp³-hybridized carbons (Fsp3) is 0.381. The number of quaternary nitrogens is 1.